The topological polar surface area (TPSA) is 9.23 Å². The van der Waals surface area contributed by atoms with Crippen molar-refractivity contribution in [3.05, 3.63) is 0 Å². The molecule has 0 spiro atoms. The van der Waals surface area contributed by atoms with Gasteiger partial charge < -0.3 is 4.74 Å². The Balaban J connectivity index is 2.10. The maximum absolute atomic E-state index is 13.2. The van der Waals surface area contributed by atoms with Gasteiger partial charge in [0.15, 0.2) is 0 Å². The van der Waals surface area contributed by atoms with Gasteiger partial charge in [-0.2, -0.15) is 0 Å². The van der Waals surface area contributed by atoms with Gasteiger partial charge in [-0.25, -0.2) is 4.39 Å². The van der Waals surface area contributed by atoms with Crippen molar-refractivity contribution in [2.24, 2.45) is 11.8 Å². The first-order valence-electron chi connectivity index (χ1n) is 4.00. The number of alkyl halides is 1. The third-order valence-electron chi connectivity index (χ3n) is 3.01. The van der Waals surface area contributed by atoms with Crippen molar-refractivity contribution < 1.29 is 9.13 Å². The van der Waals surface area contributed by atoms with Crippen LogP contribution in [0.3, 0.4) is 0 Å². The fourth-order valence-electron chi connectivity index (χ4n) is 2.49. The standard InChI is InChI=1S/C8H13FO/c1-10-8-6-3-2-5(4-6)7(8)9/h5-8H,2-4H2,1H3/t5-,6-,7-,8-/m0/s1. The molecule has 0 unspecified atom stereocenters. The molecule has 2 aliphatic carbocycles. The van der Waals surface area contributed by atoms with Crippen molar-refractivity contribution in [3.8, 4) is 0 Å². The van der Waals surface area contributed by atoms with Crippen LogP contribution in [0.25, 0.3) is 0 Å². The van der Waals surface area contributed by atoms with Crippen LogP contribution in [0.1, 0.15) is 19.3 Å². The largest absolute Gasteiger partial charge is 0.378 e. The van der Waals surface area contributed by atoms with Gasteiger partial charge in [-0.3, -0.25) is 0 Å². The molecule has 10 heavy (non-hydrogen) atoms. The SMILES string of the molecule is CO[C@H]1[C@H]2CC[C@@H](C2)[C@@H]1F. The van der Waals surface area contributed by atoms with Crippen LogP contribution in [-0.2, 0) is 4.74 Å². The minimum Gasteiger partial charge on any atom is -0.378 e. The molecule has 2 saturated carbocycles. The highest BCUT2D eigenvalue weighted by Gasteiger charge is 2.48. The van der Waals surface area contributed by atoms with Gasteiger partial charge >= 0.3 is 0 Å². The number of halogens is 1. The molecule has 2 fully saturated rings. The molecular weight excluding hydrogens is 131 g/mol. The molecule has 0 saturated heterocycles. The second kappa shape index (κ2) is 2.19. The van der Waals surface area contributed by atoms with E-state index < -0.39 is 6.17 Å². The minimum absolute atomic E-state index is 0.0706. The fraction of sp³-hybridized carbons (Fsp3) is 1.00. The lowest BCUT2D eigenvalue weighted by Gasteiger charge is -2.23. The Hall–Kier alpha value is -0.110. The van der Waals surface area contributed by atoms with Crippen LogP contribution in [0.5, 0.6) is 0 Å². The molecule has 0 N–H and O–H groups in total. The minimum atomic E-state index is -0.663. The molecule has 2 heteroatoms. The second-order valence-corrected chi connectivity index (χ2v) is 3.48. The smallest absolute Gasteiger partial charge is 0.129 e. The van der Waals surface area contributed by atoms with Gasteiger partial charge in [-0.1, -0.05) is 0 Å². The molecule has 58 valence electrons. The number of ether oxygens (including phenoxy) is 1. The Morgan fingerprint density at radius 2 is 2.00 bits per heavy atom. The highest BCUT2D eigenvalue weighted by Crippen LogP contribution is 2.47. The van der Waals surface area contributed by atoms with E-state index in [2.05, 4.69) is 0 Å². The zero-order chi connectivity index (χ0) is 7.14. The summed E-state index contributed by atoms with van der Waals surface area (Å²) in [4.78, 5) is 0. The van der Waals surface area contributed by atoms with Crippen LogP contribution in [-0.4, -0.2) is 19.4 Å². The molecule has 2 aliphatic rings. The van der Waals surface area contributed by atoms with Crippen LogP contribution < -0.4 is 0 Å². The predicted molar refractivity (Wildman–Crippen MR) is 36.5 cm³/mol. The van der Waals surface area contributed by atoms with E-state index in [0.29, 0.717) is 11.8 Å². The van der Waals surface area contributed by atoms with E-state index in [1.165, 1.54) is 6.42 Å². The molecule has 0 aliphatic heterocycles. The zero-order valence-electron chi connectivity index (χ0n) is 6.22. The van der Waals surface area contributed by atoms with E-state index in [0.717, 1.165) is 12.8 Å². The van der Waals surface area contributed by atoms with Crippen LogP contribution in [0.4, 0.5) is 4.39 Å². The van der Waals surface area contributed by atoms with Gasteiger partial charge in [0.2, 0.25) is 0 Å². The van der Waals surface area contributed by atoms with Gasteiger partial charge in [-0.05, 0) is 31.1 Å². The monoisotopic (exact) mass is 144 g/mol. The average Bonchev–Trinajstić information content (AvgIpc) is 2.46. The Kier molecular flexibility index (Phi) is 1.44. The third kappa shape index (κ3) is 0.715. The summed E-state index contributed by atoms with van der Waals surface area (Å²) in [6.07, 6.45) is 2.61. The first-order chi connectivity index (χ1) is 4.83. The van der Waals surface area contributed by atoms with Crippen molar-refractivity contribution in [1.82, 2.24) is 0 Å². The van der Waals surface area contributed by atoms with E-state index in [-0.39, 0.29) is 6.10 Å². The lowest BCUT2D eigenvalue weighted by Crippen LogP contribution is -2.30. The number of hydrogen-bond donors (Lipinski definition) is 0. The summed E-state index contributed by atoms with van der Waals surface area (Å²) in [6, 6.07) is 0. The van der Waals surface area contributed by atoms with Crippen LogP contribution in [0, 0.1) is 11.8 Å². The highest BCUT2D eigenvalue weighted by atomic mass is 19.1. The Labute approximate surface area is 60.6 Å². The molecular formula is C8H13FO. The van der Waals surface area contributed by atoms with Gasteiger partial charge in [0.05, 0.1) is 6.10 Å². The Bertz CT molecular complexity index is 135. The second-order valence-electron chi connectivity index (χ2n) is 3.48. The molecule has 4 atom stereocenters. The average molecular weight is 144 g/mol. The third-order valence-corrected chi connectivity index (χ3v) is 3.01. The summed E-state index contributed by atoms with van der Waals surface area (Å²) >= 11 is 0. The number of methoxy groups -OCH3 is 1. The van der Waals surface area contributed by atoms with Crippen molar-refractivity contribution >= 4 is 0 Å². The molecule has 0 aromatic carbocycles. The Morgan fingerprint density at radius 3 is 2.40 bits per heavy atom. The van der Waals surface area contributed by atoms with E-state index in [1.54, 1.807) is 7.11 Å². The summed E-state index contributed by atoms with van der Waals surface area (Å²) in [5.41, 5.74) is 0. The molecule has 0 aromatic heterocycles. The molecule has 2 rings (SSSR count). The summed E-state index contributed by atoms with van der Waals surface area (Å²) in [5.74, 6) is 0.861. The molecule has 1 nitrogen and oxygen atoms in total. The van der Waals surface area contributed by atoms with E-state index in [9.17, 15) is 4.39 Å². The van der Waals surface area contributed by atoms with Crippen molar-refractivity contribution in [2.45, 2.75) is 31.5 Å². The van der Waals surface area contributed by atoms with Crippen molar-refractivity contribution in [1.29, 1.82) is 0 Å². The molecule has 0 radical (unpaired) electrons. The van der Waals surface area contributed by atoms with E-state index in [1.807, 2.05) is 0 Å². The molecule has 0 amide bonds. The lowest BCUT2D eigenvalue weighted by atomic mass is 9.96. The summed E-state index contributed by atoms with van der Waals surface area (Å²) < 4.78 is 18.2. The molecule has 2 bridgehead atoms. The quantitative estimate of drug-likeness (QED) is 0.545. The highest BCUT2D eigenvalue weighted by molar-refractivity contribution is 4.97. The fourth-order valence-corrected chi connectivity index (χ4v) is 2.49. The van der Waals surface area contributed by atoms with Gasteiger partial charge in [0, 0.05) is 7.11 Å². The van der Waals surface area contributed by atoms with Gasteiger partial charge in [0.25, 0.3) is 0 Å². The summed E-state index contributed by atoms with van der Waals surface area (Å²) in [5, 5.41) is 0. The van der Waals surface area contributed by atoms with Crippen LogP contribution in [0.15, 0.2) is 0 Å². The maximum Gasteiger partial charge on any atom is 0.129 e. The first kappa shape index (κ1) is 6.59. The van der Waals surface area contributed by atoms with Crippen LogP contribution in [0.2, 0.25) is 0 Å². The zero-order valence-corrected chi connectivity index (χ0v) is 6.22. The number of hydrogen-bond acceptors (Lipinski definition) is 1. The van der Waals surface area contributed by atoms with E-state index in [4.69, 9.17) is 4.74 Å². The van der Waals surface area contributed by atoms with E-state index >= 15 is 0 Å². The number of rotatable bonds is 1. The maximum atomic E-state index is 13.2. The van der Waals surface area contributed by atoms with Crippen LogP contribution >= 0.6 is 0 Å². The van der Waals surface area contributed by atoms with Gasteiger partial charge in [0.1, 0.15) is 6.17 Å². The lowest BCUT2D eigenvalue weighted by molar-refractivity contribution is -0.00235. The number of fused-ring (bicyclic) bond motifs is 2. The van der Waals surface area contributed by atoms with Crippen molar-refractivity contribution in [2.75, 3.05) is 7.11 Å². The predicted octanol–water partition coefficient (Wildman–Crippen LogP) is 1.77. The van der Waals surface area contributed by atoms with Gasteiger partial charge in [-0.15, -0.1) is 0 Å². The normalized spacial score (nSPS) is 52.2. The molecule has 0 heterocycles. The van der Waals surface area contributed by atoms with Crippen molar-refractivity contribution in [3.63, 3.8) is 0 Å². The first-order valence-corrected chi connectivity index (χ1v) is 4.00. The summed E-state index contributed by atoms with van der Waals surface area (Å²) in [7, 11) is 1.62. The Morgan fingerprint density at radius 1 is 1.30 bits per heavy atom. The summed E-state index contributed by atoms with van der Waals surface area (Å²) in [6.45, 7) is 0. The molecule has 0 aromatic rings.